The number of nitrogens with zero attached hydrogens (tertiary/aromatic N) is 2. The fraction of sp³-hybridized carbons (Fsp3) is 0.273. The molecule has 5 nitrogen and oxygen atoms in total. The Labute approximate surface area is 184 Å². The van der Waals surface area contributed by atoms with E-state index in [0.29, 0.717) is 17.0 Å². The van der Waals surface area contributed by atoms with Gasteiger partial charge in [0.25, 0.3) is 0 Å². The molecule has 33 heavy (non-hydrogen) atoms. The second-order valence-electron chi connectivity index (χ2n) is 7.13. The third kappa shape index (κ3) is 4.67. The fourth-order valence-corrected chi connectivity index (χ4v) is 3.03. The Morgan fingerprint density at radius 2 is 1.79 bits per heavy atom. The highest BCUT2D eigenvalue weighted by molar-refractivity contribution is 5.87. The minimum Gasteiger partial charge on any atom is -0.487 e. The van der Waals surface area contributed by atoms with Crippen molar-refractivity contribution in [3.05, 3.63) is 61.4 Å². The number of fused-ring (bicyclic) bond motifs is 1. The van der Waals surface area contributed by atoms with E-state index in [0.717, 1.165) is 11.3 Å². The maximum absolute atomic E-state index is 14.1. The standard InChI is InChI=1S/C22H18F6N2O3/c1-3-19(31)33-13-21(25,26)22(27,28)20(23,24)12-32-16-7-6-14-9-17(30(2)18(14)10-16)15-5-4-8-29-11-15/h3-11H,1,12-13H2,2H3. The monoisotopic (exact) mass is 472 g/mol. The zero-order valence-electron chi connectivity index (χ0n) is 17.2. The van der Waals surface area contributed by atoms with Gasteiger partial charge in [0, 0.05) is 42.5 Å². The van der Waals surface area contributed by atoms with Gasteiger partial charge in [-0.15, -0.1) is 0 Å². The van der Waals surface area contributed by atoms with Crippen molar-refractivity contribution in [2.45, 2.75) is 17.8 Å². The summed E-state index contributed by atoms with van der Waals surface area (Å²) < 4.78 is 93.8. The first-order valence-corrected chi connectivity index (χ1v) is 9.45. The molecule has 2 heterocycles. The highest BCUT2D eigenvalue weighted by Gasteiger charge is 2.72. The average molecular weight is 472 g/mol. The SMILES string of the molecule is C=CC(=O)OCC(F)(F)C(F)(F)C(F)(F)COc1ccc2cc(-c3cccnc3)n(C)c2c1. The summed E-state index contributed by atoms with van der Waals surface area (Å²) in [6, 6.07) is 9.46. The van der Waals surface area contributed by atoms with Crippen LogP contribution in [0.25, 0.3) is 22.2 Å². The van der Waals surface area contributed by atoms with E-state index in [1.807, 2.05) is 12.1 Å². The number of ether oxygens (including phenoxy) is 2. The van der Waals surface area contributed by atoms with Crippen molar-refractivity contribution < 1.29 is 40.6 Å². The highest BCUT2D eigenvalue weighted by atomic mass is 19.3. The molecule has 0 aliphatic heterocycles. The number of rotatable bonds is 9. The number of hydrogen-bond acceptors (Lipinski definition) is 4. The lowest BCUT2D eigenvalue weighted by molar-refractivity contribution is -0.322. The number of alkyl halides is 6. The highest BCUT2D eigenvalue weighted by Crippen LogP contribution is 2.46. The smallest absolute Gasteiger partial charge is 0.378 e. The van der Waals surface area contributed by atoms with Crippen LogP contribution in [-0.4, -0.2) is 46.5 Å². The molecule has 0 bridgehead atoms. The van der Waals surface area contributed by atoms with E-state index in [2.05, 4.69) is 16.3 Å². The number of esters is 1. The number of benzene rings is 1. The Bertz CT molecular complexity index is 1160. The predicted molar refractivity (Wildman–Crippen MR) is 108 cm³/mol. The van der Waals surface area contributed by atoms with Gasteiger partial charge in [0.05, 0.1) is 11.2 Å². The number of carbonyl (C=O) groups is 1. The van der Waals surface area contributed by atoms with Crippen LogP contribution >= 0.6 is 0 Å². The molecule has 0 radical (unpaired) electrons. The molecule has 0 fully saturated rings. The summed E-state index contributed by atoms with van der Waals surface area (Å²) in [5, 5.41) is 0.705. The number of pyridine rings is 1. The Morgan fingerprint density at radius 3 is 2.42 bits per heavy atom. The zero-order valence-corrected chi connectivity index (χ0v) is 17.2. The van der Waals surface area contributed by atoms with Crippen LogP contribution in [0.4, 0.5) is 26.3 Å². The van der Waals surface area contributed by atoms with E-state index >= 15 is 0 Å². The summed E-state index contributed by atoms with van der Waals surface area (Å²) in [5.74, 6) is -18.2. The van der Waals surface area contributed by atoms with Gasteiger partial charge in [0.15, 0.2) is 13.2 Å². The number of aromatic nitrogens is 2. The topological polar surface area (TPSA) is 53.4 Å². The van der Waals surface area contributed by atoms with Crippen LogP contribution in [0, 0.1) is 0 Å². The Balaban J connectivity index is 1.79. The number of carbonyl (C=O) groups excluding carboxylic acids is 1. The maximum Gasteiger partial charge on any atom is 0.378 e. The molecule has 0 atom stereocenters. The molecule has 0 spiro atoms. The summed E-state index contributed by atoms with van der Waals surface area (Å²) in [6.07, 6.45) is 3.66. The van der Waals surface area contributed by atoms with Gasteiger partial charge < -0.3 is 14.0 Å². The van der Waals surface area contributed by atoms with Crippen molar-refractivity contribution >= 4 is 16.9 Å². The second-order valence-corrected chi connectivity index (χ2v) is 7.13. The molecule has 0 saturated carbocycles. The first kappa shape index (κ1) is 24.1. The van der Waals surface area contributed by atoms with E-state index in [4.69, 9.17) is 4.74 Å². The van der Waals surface area contributed by atoms with Crippen LogP contribution in [0.15, 0.2) is 61.4 Å². The lowest BCUT2D eigenvalue weighted by Gasteiger charge is -2.32. The van der Waals surface area contributed by atoms with E-state index in [1.54, 1.807) is 30.1 Å². The quantitative estimate of drug-likeness (QED) is 0.242. The van der Waals surface area contributed by atoms with Gasteiger partial charge in [-0.1, -0.05) is 6.58 Å². The van der Waals surface area contributed by atoms with E-state index in [9.17, 15) is 31.1 Å². The number of aryl methyl sites for hydroxylation is 1. The minimum atomic E-state index is -5.86. The lowest BCUT2D eigenvalue weighted by atomic mass is 10.1. The Kier molecular flexibility index (Phi) is 6.44. The molecule has 11 heteroatoms. The lowest BCUT2D eigenvalue weighted by Crippen LogP contribution is -2.58. The normalized spacial score (nSPS) is 12.6. The summed E-state index contributed by atoms with van der Waals surface area (Å²) >= 11 is 0. The summed E-state index contributed by atoms with van der Waals surface area (Å²) in [4.78, 5) is 14.9. The van der Waals surface area contributed by atoms with Crippen LogP contribution in [-0.2, 0) is 16.6 Å². The molecule has 0 saturated heterocycles. The second kappa shape index (κ2) is 8.80. The molecule has 0 unspecified atom stereocenters. The van der Waals surface area contributed by atoms with Gasteiger partial charge in [0.2, 0.25) is 0 Å². The van der Waals surface area contributed by atoms with Gasteiger partial charge in [-0.05, 0) is 30.3 Å². The number of hydrogen-bond donors (Lipinski definition) is 0. The molecule has 2 aromatic heterocycles. The third-order valence-electron chi connectivity index (χ3n) is 4.88. The van der Waals surface area contributed by atoms with E-state index < -0.39 is 37.0 Å². The van der Waals surface area contributed by atoms with Crippen LogP contribution in [0.5, 0.6) is 5.75 Å². The summed E-state index contributed by atoms with van der Waals surface area (Å²) in [7, 11) is 1.70. The fourth-order valence-electron chi connectivity index (χ4n) is 3.03. The van der Waals surface area contributed by atoms with Crippen LogP contribution < -0.4 is 4.74 Å². The maximum atomic E-state index is 14.1. The minimum absolute atomic E-state index is 0.224. The molecule has 3 aromatic rings. The molecule has 1 aromatic carbocycles. The van der Waals surface area contributed by atoms with E-state index in [-0.39, 0.29) is 5.75 Å². The van der Waals surface area contributed by atoms with Gasteiger partial charge in [-0.25, -0.2) is 4.79 Å². The van der Waals surface area contributed by atoms with Gasteiger partial charge >= 0.3 is 23.7 Å². The van der Waals surface area contributed by atoms with Gasteiger partial charge in [0.1, 0.15) is 5.75 Å². The molecule has 3 rings (SSSR count). The summed E-state index contributed by atoms with van der Waals surface area (Å²) in [5.41, 5.74) is 2.06. The van der Waals surface area contributed by atoms with Crippen molar-refractivity contribution in [2.75, 3.05) is 13.2 Å². The summed E-state index contributed by atoms with van der Waals surface area (Å²) in [6.45, 7) is -1.37. The molecule has 176 valence electrons. The van der Waals surface area contributed by atoms with E-state index in [1.165, 1.54) is 18.2 Å². The zero-order chi connectivity index (χ0) is 24.4. The molecule has 0 aliphatic carbocycles. The van der Waals surface area contributed by atoms with Gasteiger partial charge in [-0.3, -0.25) is 4.98 Å². The van der Waals surface area contributed by atoms with Crippen molar-refractivity contribution in [3.8, 4) is 17.0 Å². The third-order valence-corrected chi connectivity index (χ3v) is 4.88. The van der Waals surface area contributed by atoms with Crippen LogP contribution in [0.1, 0.15) is 0 Å². The largest absolute Gasteiger partial charge is 0.487 e. The van der Waals surface area contributed by atoms with Crippen LogP contribution in [0.3, 0.4) is 0 Å². The number of halogens is 6. The molecule has 0 aliphatic rings. The van der Waals surface area contributed by atoms with Crippen molar-refractivity contribution in [1.29, 1.82) is 0 Å². The molecule has 0 N–H and O–H groups in total. The molecule has 0 amide bonds. The van der Waals surface area contributed by atoms with Crippen molar-refractivity contribution in [1.82, 2.24) is 9.55 Å². The molecular formula is C22H18F6N2O3. The Hall–Kier alpha value is -3.50. The predicted octanol–water partition coefficient (Wildman–Crippen LogP) is 5.25. The first-order chi connectivity index (χ1) is 15.4. The average Bonchev–Trinajstić information content (AvgIpc) is 3.12. The Morgan fingerprint density at radius 1 is 1.09 bits per heavy atom. The van der Waals surface area contributed by atoms with Crippen molar-refractivity contribution in [2.24, 2.45) is 7.05 Å². The first-order valence-electron chi connectivity index (χ1n) is 9.45. The van der Waals surface area contributed by atoms with Gasteiger partial charge in [-0.2, -0.15) is 26.3 Å². The van der Waals surface area contributed by atoms with Crippen molar-refractivity contribution in [3.63, 3.8) is 0 Å². The molecular weight excluding hydrogens is 454 g/mol. The van der Waals surface area contributed by atoms with Crippen LogP contribution in [0.2, 0.25) is 0 Å².